The molecule has 0 saturated carbocycles. The summed E-state index contributed by atoms with van der Waals surface area (Å²) in [6.45, 7) is 3.99. The van der Waals surface area contributed by atoms with Crippen LogP contribution in [0.1, 0.15) is 11.3 Å². The summed E-state index contributed by atoms with van der Waals surface area (Å²) >= 11 is 3.46. The van der Waals surface area contributed by atoms with Gasteiger partial charge in [-0.05, 0) is 53.5 Å². The van der Waals surface area contributed by atoms with Crippen molar-refractivity contribution in [3.63, 3.8) is 0 Å². The number of aromatic nitrogens is 2. The first-order valence-electron chi connectivity index (χ1n) is 6.27. The van der Waals surface area contributed by atoms with E-state index in [4.69, 9.17) is 0 Å². The second kappa shape index (κ2) is 5.17. The molecule has 4 nitrogen and oxygen atoms in total. The van der Waals surface area contributed by atoms with Gasteiger partial charge >= 0.3 is 0 Å². The SMILES string of the molecule is Cc1ccc2nc(C)c(N=Nc3ccccc3Br)n2c1. The summed E-state index contributed by atoms with van der Waals surface area (Å²) < 4.78 is 2.89. The van der Waals surface area contributed by atoms with E-state index in [2.05, 4.69) is 31.1 Å². The molecule has 0 spiro atoms. The van der Waals surface area contributed by atoms with E-state index >= 15 is 0 Å². The molecule has 0 saturated heterocycles. The molecule has 0 fully saturated rings. The van der Waals surface area contributed by atoms with Crippen molar-refractivity contribution in [2.24, 2.45) is 10.2 Å². The topological polar surface area (TPSA) is 42.0 Å². The molecule has 100 valence electrons. The van der Waals surface area contributed by atoms with Crippen molar-refractivity contribution in [1.29, 1.82) is 0 Å². The van der Waals surface area contributed by atoms with Crippen molar-refractivity contribution < 1.29 is 0 Å². The van der Waals surface area contributed by atoms with Crippen LogP contribution in [-0.4, -0.2) is 9.38 Å². The Labute approximate surface area is 125 Å². The monoisotopic (exact) mass is 328 g/mol. The van der Waals surface area contributed by atoms with Crippen LogP contribution in [0.4, 0.5) is 11.5 Å². The smallest absolute Gasteiger partial charge is 0.182 e. The van der Waals surface area contributed by atoms with Crippen molar-refractivity contribution in [2.75, 3.05) is 0 Å². The maximum Gasteiger partial charge on any atom is 0.182 e. The van der Waals surface area contributed by atoms with Gasteiger partial charge in [0.2, 0.25) is 0 Å². The van der Waals surface area contributed by atoms with Crippen LogP contribution in [0, 0.1) is 13.8 Å². The Morgan fingerprint density at radius 3 is 2.65 bits per heavy atom. The third kappa shape index (κ3) is 2.36. The number of benzene rings is 1. The fourth-order valence-electron chi connectivity index (χ4n) is 2.01. The number of aryl methyl sites for hydroxylation is 2. The highest BCUT2D eigenvalue weighted by molar-refractivity contribution is 9.10. The predicted octanol–water partition coefficient (Wildman–Crippen LogP) is 5.13. The number of nitrogens with zero attached hydrogens (tertiary/aromatic N) is 4. The summed E-state index contributed by atoms with van der Waals surface area (Å²) in [5.74, 6) is 0.763. The fraction of sp³-hybridized carbons (Fsp3) is 0.133. The first kappa shape index (κ1) is 13.0. The quantitative estimate of drug-likeness (QED) is 0.601. The second-order valence-electron chi connectivity index (χ2n) is 4.61. The Kier molecular flexibility index (Phi) is 3.36. The lowest BCUT2D eigenvalue weighted by atomic mass is 10.3. The first-order chi connectivity index (χ1) is 9.65. The largest absolute Gasteiger partial charge is 0.283 e. The van der Waals surface area contributed by atoms with Gasteiger partial charge in [0.25, 0.3) is 0 Å². The normalized spacial score (nSPS) is 11.6. The summed E-state index contributed by atoms with van der Waals surface area (Å²) in [6.07, 6.45) is 2.02. The number of fused-ring (bicyclic) bond motifs is 1. The lowest BCUT2D eigenvalue weighted by Crippen LogP contribution is -1.84. The molecule has 0 atom stereocenters. The predicted molar refractivity (Wildman–Crippen MR) is 83.0 cm³/mol. The number of azo groups is 1. The summed E-state index contributed by atoms with van der Waals surface area (Å²) in [6, 6.07) is 11.8. The molecule has 5 heteroatoms. The van der Waals surface area contributed by atoms with E-state index in [1.54, 1.807) is 0 Å². The van der Waals surface area contributed by atoms with Crippen molar-refractivity contribution in [3.8, 4) is 0 Å². The Morgan fingerprint density at radius 2 is 1.85 bits per heavy atom. The molecule has 2 aromatic heterocycles. The molecule has 3 rings (SSSR count). The molecule has 2 heterocycles. The van der Waals surface area contributed by atoms with Gasteiger partial charge in [0.1, 0.15) is 5.65 Å². The minimum Gasteiger partial charge on any atom is -0.283 e. The van der Waals surface area contributed by atoms with E-state index in [-0.39, 0.29) is 0 Å². The van der Waals surface area contributed by atoms with Crippen molar-refractivity contribution in [3.05, 3.63) is 58.3 Å². The molecule has 0 radical (unpaired) electrons. The zero-order valence-electron chi connectivity index (χ0n) is 11.2. The van der Waals surface area contributed by atoms with Crippen LogP contribution in [0.15, 0.2) is 57.3 Å². The molecular formula is C15H13BrN4. The van der Waals surface area contributed by atoms with Crippen LogP contribution in [0.25, 0.3) is 5.65 Å². The Bertz CT molecular complexity index is 805. The zero-order valence-corrected chi connectivity index (χ0v) is 12.8. The second-order valence-corrected chi connectivity index (χ2v) is 5.46. The number of halogens is 1. The van der Waals surface area contributed by atoms with Gasteiger partial charge in [-0.1, -0.05) is 18.2 Å². The van der Waals surface area contributed by atoms with Crippen LogP contribution in [0.5, 0.6) is 0 Å². The number of rotatable bonds is 2. The molecule has 0 aliphatic carbocycles. The number of hydrogen-bond donors (Lipinski definition) is 0. The van der Waals surface area contributed by atoms with Crippen LogP contribution >= 0.6 is 15.9 Å². The van der Waals surface area contributed by atoms with Gasteiger partial charge in [0.05, 0.1) is 11.4 Å². The molecule has 0 unspecified atom stereocenters. The number of pyridine rings is 1. The van der Waals surface area contributed by atoms with Crippen LogP contribution in [-0.2, 0) is 0 Å². The lowest BCUT2D eigenvalue weighted by molar-refractivity contribution is 1.08. The van der Waals surface area contributed by atoms with Gasteiger partial charge in [-0.25, -0.2) is 4.98 Å². The van der Waals surface area contributed by atoms with E-state index in [9.17, 15) is 0 Å². The third-order valence-corrected chi connectivity index (χ3v) is 3.68. The van der Waals surface area contributed by atoms with Gasteiger partial charge in [-0.2, -0.15) is 0 Å². The van der Waals surface area contributed by atoms with Crippen molar-refractivity contribution in [2.45, 2.75) is 13.8 Å². The summed E-state index contributed by atoms with van der Waals surface area (Å²) in [5, 5.41) is 8.67. The summed E-state index contributed by atoms with van der Waals surface area (Å²) in [5.41, 5.74) is 3.71. The standard InChI is InChI=1S/C15H13BrN4/c1-10-7-8-14-17-11(2)15(20(14)9-10)19-18-13-6-4-3-5-12(13)16/h3-9H,1-2H3. The summed E-state index contributed by atoms with van der Waals surface area (Å²) in [4.78, 5) is 4.49. The van der Waals surface area contributed by atoms with Gasteiger partial charge < -0.3 is 0 Å². The van der Waals surface area contributed by atoms with E-state index in [1.807, 2.05) is 60.8 Å². The summed E-state index contributed by atoms with van der Waals surface area (Å²) in [7, 11) is 0. The minimum atomic E-state index is 0.763. The molecule has 0 amide bonds. The Hall–Kier alpha value is -2.01. The average Bonchev–Trinajstić information content (AvgIpc) is 2.73. The highest BCUT2D eigenvalue weighted by Gasteiger charge is 2.08. The van der Waals surface area contributed by atoms with E-state index in [0.29, 0.717) is 0 Å². The minimum absolute atomic E-state index is 0.763. The van der Waals surface area contributed by atoms with E-state index in [1.165, 1.54) is 0 Å². The third-order valence-electron chi connectivity index (χ3n) is 3.01. The molecule has 0 bridgehead atoms. The Morgan fingerprint density at radius 1 is 1.05 bits per heavy atom. The van der Waals surface area contributed by atoms with Crippen LogP contribution < -0.4 is 0 Å². The van der Waals surface area contributed by atoms with E-state index < -0.39 is 0 Å². The molecule has 1 aromatic carbocycles. The van der Waals surface area contributed by atoms with Crippen LogP contribution in [0.3, 0.4) is 0 Å². The van der Waals surface area contributed by atoms with E-state index in [0.717, 1.165) is 32.9 Å². The molecule has 0 aliphatic rings. The highest BCUT2D eigenvalue weighted by atomic mass is 79.9. The van der Waals surface area contributed by atoms with Gasteiger partial charge in [-0.3, -0.25) is 4.40 Å². The molecule has 3 aromatic rings. The molecular weight excluding hydrogens is 316 g/mol. The van der Waals surface area contributed by atoms with Gasteiger partial charge in [0.15, 0.2) is 5.82 Å². The van der Waals surface area contributed by atoms with Gasteiger partial charge in [-0.15, -0.1) is 10.2 Å². The first-order valence-corrected chi connectivity index (χ1v) is 7.06. The number of imidazole rings is 1. The van der Waals surface area contributed by atoms with Crippen molar-refractivity contribution >= 4 is 33.1 Å². The van der Waals surface area contributed by atoms with Crippen LogP contribution in [0.2, 0.25) is 0 Å². The molecule has 20 heavy (non-hydrogen) atoms. The zero-order chi connectivity index (χ0) is 14.1. The molecule has 0 aliphatic heterocycles. The number of hydrogen-bond acceptors (Lipinski definition) is 3. The maximum absolute atomic E-state index is 4.49. The average molecular weight is 329 g/mol. The fourth-order valence-corrected chi connectivity index (χ4v) is 2.37. The maximum atomic E-state index is 4.49. The van der Waals surface area contributed by atoms with Crippen molar-refractivity contribution in [1.82, 2.24) is 9.38 Å². The highest BCUT2D eigenvalue weighted by Crippen LogP contribution is 2.28. The Balaban J connectivity index is 2.09. The molecule has 0 N–H and O–H groups in total. The lowest BCUT2D eigenvalue weighted by Gasteiger charge is -1.99. The van der Waals surface area contributed by atoms with Gasteiger partial charge in [0, 0.05) is 10.7 Å².